The number of hydrogen-bond acceptors (Lipinski definition) is 4. The summed E-state index contributed by atoms with van der Waals surface area (Å²) in [5.74, 6) is 0.0106. The van der Waals surface area contributed by atoms with Gasteiger partial charge in [0.1, 0.15) is 16.9 Å². The van der Waals surface area contributed by atoms with E-state index in [0.29, 0.717) is 28.9 Å². The van der Waals surface area contributed by atoms with Crippen molar-refractivity contribution in [3.8, 4) is 0 Å². The molecular weight excluding hydrogens is 394 g/mol. The van der Waals surface area contributed by atoms with Crippen molar-refractivity contribution in [3.05, 3.63) is 57.3 Å². The lowest BCUT2D eigenvalue weighted by atomic mass is 10.0. The Kier molecular flexibility index (Phi) is 4.69. The van der Waals surface area contributed by atoms with Crippen LogP contribution in [0.5, 0.6) is 0 Å². The van der Waals surface area contributed by atoms with Crippen LogP contribution in [-0.2, 0) is 12.8 Å². The minimum absolute atomic E-state index is 0.0106. The van der Waals surface area contributed by atoms with E-state index >= 15 is 0 Å². The molecule has 0 bridgehead atoms. The Labute approximate surface area is 152 Å². The standard InChI is InChI=1S/C16H12F6N4O2/c1-7-23-13-11(14(28)24-7)10(6-27)25-26(13)12(16(20,21)22)8-2-4-9(5-3-8)15(17,18)19/h2-5,12,27H,6H2,1H3,(H,23,24,28). The van der Waals surface area contributed by atoms with Crippen LogP contribution in [0.15, 0.2) is 29.1 Å². The van der Waals surface area contributed by atoms with Gasteiger partial charge >= 0.3 is 12.4 Å². The first kappa shape index (κ1) is 19.9. The monoisotopic (exact) mass is 406 g/mol. The van der Waals surface area contributed by atoms with E-state index in [4.69, 9.17) is 0 Å². The molecule has 2 aromatic heterocycles. The predicted octanol–water partition coefficient (Wildman–Crippen LogP) is 3.09. The van der Waals surface area contributed by atoms with Gasteiger partial charge in [0.15, 0.2) is 11.7 Å². The smallest absolute Gasteiger partial charge is 0.390 e. The van der Waals surface area contributed by atoms with Crippen LogP contribution in [0.3, 0.4) is 0 Å². The van der Waals surface area contributed by atoms with E-state index in [1.807, 2.05) is 0 Å². The van der Waals surface area contributed by atoms with Crippen molar-refractivity contribution in [1.82, 2.24) is 19.7 Å². The van der Waals surface area contributed by atoms with Gasteiger partial charge in [-0.1, -0.05) is 12.1 Å². The lowest BCUT2D eigenvalue weighted by Gasteiger charge is -2.22. The van der Waals surface area contributed by atoms with Gasteiger partial charge in [-0.15, -0.1) is 0 Å². The van der Waals surface area contributed by atoms with E-state index in [1.165, 1.54) is 6.92 Å². The third-order valence-electron chi connectivity index (χ3n) is 4.01. The van der Waals surface area contributed by atoms with Gasteiger partial charge in [0, 0.05) is 0 Å². The molecule has 28 heavy (non-hydrogen) atoms. The van der Waals surface area contributed by atoms with Gasteiger partial charge in [0.05, 0.1) is 12.2 Å². The molecule has 3 rings (SSSR count). The molecule has 2 heterocycles. The molecule has 150 valence electrons. The summed E-state index contributed by atoms with van der Waals surface area (Å²) in [6.07, 6.45) is -9.68. The maximum absolute atomic E-state index is 13.8. The normalized spacial score (nSPS) is 13.9. The maximum Gasteiger partial charge on any atom is 0.416 e. The Bertz CT molecular complexity index is 1070. The van der Waals surface area contributed by atoms with Crippen LogP contribution in [0, 0.1) is 6.92 Å². The van der Waals surface area contributed by atoms with E-state index in [2.05, 4.69) is 15.1 Å². The molecule has 0 aliphatic heterocycles. The second-order valence-electron chi connectivity index (χ2n) is 5.96. The maximum atomic E-state index is 13.8. The second kappa shape index (κ2) is 6.62. The highest BCUT2D eigenvalue weighted by molar-refractivity contribution is 5.77. The Morgan fingerprint density at radius 3 is 2.25 bits per heavy atom. The molecule has 12 heteroatoms. The number of rotatable bonds is 3. The lowest BCUT2D eigenvalue weighted by molar-refractivity contribution is -0.158. The molecule has 1 atom stereocenters. The average molecular weight is 406 g/mol. The van der Waals surface area contributed by atoms with Gasteiger partial charge in [0.2, 0.25) is 0 Å². The molecular formula is C16H12F6N4O2. The first-order chi connectivity index (χ1) is 12.9. The highest BCUT2D eigenvalue weighted by Crippen LogP contribution is 2.39. The number of aryl methyl sites for hydroxylation is 1. The number of hydrogen-bond donors (Lipinski definition) is 2. The molecule has 6 nitrogen and oxygen atoms in total. The van der Waals surface area contributed by atoms with Crippen molar-refractivity contribution in [2.45, 2.75) is 31.9 Å². The van der Waals surface area contributed by atoms with E-state index in [9.17, 15) is 36.2 Å². The number of nitrogens with zero attached hydrogens (tertiary/aromatic N) is 3. The molecule has 0 radical (unpaired) electrons. The van der Waals surface area contributed by atoms with Crippen molar-refractivity contribution in [1.29, 1.82) is 0 Å². The van der Waals surface area contributed by atoms with Crippen molar-refractivity contribution in [2.24, 2.45) is 0 Å². The highest BCUT2D eigenvalue weighted by atomic mass is 19.4. The van der Waals surface area contributed by atoms with Crippen molar-refractivity contribution in [3.63, 3.8) is 0 Å². The fraction of sp³-hybridized carbons (Fsp3) is 0.312. The van der Waals surface area contributed by atoms with Crippen LogP contribution in [0.1, 0.15) is 28.7 Å². The second-order valence-corrected chi connectivity index (χ2v) is 5.96. The summed E-state index contributed by atoms with van der Waals surface area (Å²) >= 11 is 0. The molecule has 0 amide bonds. The molecule has 0 aliphatic rings. The van der Waals surface area contributed by atoms with Crippen LogP contribution in [0.4, 0.5) is 26.3 Å². The van der Waals surface area contributed by atoms with Crippen molar-refractivity contribution < 1.29 is 31.4 Å². The fourth-order valence-electron chi connectivity index (χ4n) is 2.84. The predicted molar refractivity (Wildman–Crippen MR) is 84.4 cm³/mol. The van der Waals surface area contributed by atoms with E-state index in [1.54, 1.807) is 0 Å². The Hall–Kier alpha value is -2.89. The van der Waals surface area contributed by atoms with Gasteiger partial charge in [-0.25, -0.2) is 9.67 Å². The molecule has 1 unspecified atom stereocenters. The number of aliphatic hydroxyl groups is 1. The molecule has 0 saturated carbocycles. The molecule has 2 N–H and O–H groups in total. The van der Waals surface area contributed by atoms with Crippen molar-refractivity contribution >= 4 is 11.0 Å². The van der Waals surface area contributed by atoms with Crippen LogP contribution < -0.4 is 5.56 Å². The average Bonchev–Trinajstić information content (AvgIpc) is 2.92. The summed E-state index contributed by atoms with van der Waals surface area (Å²) in [6, 6.07) is -0.0808. The lowest BCUT2D eigenvalue weighted by Crippen LogP contribution is -2.29. The van der Waals surface area contributed by atoms with Crippen LogP contribution in [0.25, 0.3) is 11.0 Å². The van der Waals surface area contributed by atoms with E-state index < -0.39 is 47.3 Å². The first-order valence-electron chi connectivity index (χ1n) is 7.76. The number of nitrogens with one attached hydrogen (secondary N) is 1. The number of alkyl halides is 6. The zero-order chi connectivity index (χ0) is 20.9. The van der Waals surface area contributed by atoms with Gasteiger partial charge in [-0.3, -0.25) is 4.79 Å². The Morgan fingerprint density at radius 2 is 1.75 bits per heavy atom. The van der Waals surface area contributed by atoms with Crippen LogP contribution >= 0.6 is 0 Å². The summed E-state index contributed by atoms with van der Waals surface area (Å²) in [5, 5.41) is 12.7. The number of benzene rings is 1. The number of H-pyrrole nitrogens is 1. The third kappa shape index (κ3) is 3.46. The van der Waals surface area contributed by atoms with Gasteiger partial charge < -0.3 is 10.1 Å². The number of aromatic nitrogens is 4. The van der Waals surface area contributed by atoms with Gasteiger partial charge in [-0.2, -0.15) is 31.4 Å². The first-order valence-corrected chi connectivity index (χ1v) is 7.76. The third-order valence-corrected chi connectivity index (χ3v) is 4.01. The van der Waals surface area contributed by atoms with Crippen LogP contribution in [-0.4, -0.2) is 31.0 Å². The topological polar surface area (TPSA) is 83.8 Å². The summed E-state index contributed by atoms with van der Waals surface area (Å²) in [6.45, 7) is 0.520. The molecule has 0 spiro atoms. The minimum atomic E-state index is -4.97. The van der Waals surface area contributed by atoms with Gasteiger partial charge in [0.25, 0.3) is 5.56 Å². The number of halogens is 6. The highest BCUT2D eigenvalue weighted by Gasteiger charge is 2.45. The van der Waals surface area contributed by atoms with E-state index in [-0.39, 0.29) is 16.9 Å². The molecule has 0 fully saturated rings. The fourth-order valence-corrected chi connectivity index (χ4v) is 2.84. The Balaban J connectivity index is 2.26. The number of fused-ring (bicyclic) bond motifs is 1. The summed E-state index contributed by atoms with van der Waals surface area (Å²) < 4.78 is 79.9. The van der Waals surface area contributed by atoms with Crippen molar-refractivity contribution in [2.75, 3.05) is 0 Å². The SMILES string of the molecule is Cc1nc2c(c(CO)nn2C(c2ccc(C(F)(F)F)cc2)C(F)(F)F)c(=O)[nH]1. The molecule has 0 saturated heterocycles. The minimum Gasteiger partial charge on any atom is -0.390 e. The largest absolute Gasteiger partial charge is 0.416 e. The number of aliphatic hydroxyl groups excluding tert-OH is 1. The van der Waals surface area contributed by atoms with Crippen LogP contribution in [0.2, 0.25) is 0 Å². The summed E-state index contributed by atoms with van der Waals surface area (Å²) in [7, 11) is 0. The van der Waals surface area contributed by atoms with Gasteiger partial charge in [-0.05, 0) is 24.6 Å². The molecule has 0 aliphatic carbocycles. The zero-order valence-corrected chi connectivity index (χ0v) is 14.1. The Morgan fingerprint density at radius 1 is 1.14 bits per heavy atom. The number of aromatic amines is 1. The quantitative estimate of drug-likeness (QED) is 0.655. The molecule has 1 aromatic carbocycles. The molecule has 3 aromatic rings. The zero-order valence-electron chi connectivity index (χ0n) is 14.1. The summed E-state index contributed by atoms with van der Waals surface area (Å²) in [4.78, 5) is 18.3. The van der Waals surface area contributed by atoms with E-state index in [0.717, 1.165) is 0 Å². The summed E-state index contributed by atoms with van der Waals surface area (Å²) in [5.41, 5.74) is -3.19.